The monoisotopic (exact) mass is 402 g/mol. The third-order valence-electron chi connectivity index (χ3n) is 4.73. The van der Waals surface area contributed by atoms with Crippen molar-refractivity contribution in [2.24, 2.45) is 0 Å². The number of anilines is 1. The number of pyridine rings is 2. The maximum Gasteiger partial charge on any atom is 0.255 e. The third-order valence-corrected chi connectivity index (χ3v) is 4.73. The lowest BCUT2D eigenvalue weighted by atomic mass is 10.2. The molecule has 30 heavy (non-hydrogen) atoms. The van der Waals surface area contributed by atoms with Crippen molar-refractivity contribution in [3.8, 4) is 0 Å². The number of carbonyl (C=O) groups is 1. The zero-order chi connectivity index (χ0) is 21.1. The largest absolute Gasteiger partial charge is 0.424 e. The van der Waals surface area contributed by atoms with Crippen molar-refractivity contribution in [3.63, 3.8) is 0 Å². The van der Waals surface area contributed by atoms with Crippen LogP contribution in [-0.2, 0) is 13.1 Å². The van der Waals surface area contributed by atoms with Crippen molar-refractivity contribution < 1.29 is 9.21 Å². The Hall–Kier alpha value is -3.81. The summed E-state index contributed by atoms with van der Waals surface area (Å²) in [6.45, 7) is 2.61. The molecule has 4 rings (SSSR count). The Bertz CT molecular complexity index is 1170. The molecule has 0 unspecified atom stereocenters. The molecule has 0 aliphatic heterocycles. The SMILES string of the molecule is Cc1nnc(CN(C)c2ccc(C(=O)N(C)Cc3ccc4ccccc4n3)cn2)o1. The molecule has 8 nitrogen and oxygen atoms in total. The van der Waals surface area contributed by atoms with Crippen LogP contribution < -0.4 is 4.90 Å². The van der Waals surface area contributed by atoms with Crippen LogP contribution in [0, 0.1) is 6.92 Å². The molecule has 3 aromatic heterocycles. The van der Waals surface area contributed by atoms with Gasteiger partial charge in [-0.3, -0.25) is 9.78 Å². The van der Waals surface area contributed by atoms with E-state index in [9.17, 15) is 4.79 Å². The first-order chi connectivity index (χ1) is 14.5. The number of aromatic nitrogens is 4. The molecule has 0 saturated carbocycles. The average molecular weight is 402 g/mol. The number of nitrogens with zero attached hydrogens (tertiary/aromatic N) is 6. The minimum Gasteiger partial charge on any atom is -0.424 e. The van der Waals surface area contributed by atoms with Crippen LogP contribution >= 0.6 is 0 Å². The molecule has 0 saturated heterocycles. The molecule has 0 fully saturated rings. The van der Waals surface area contributed by atoms with Gasteiger partial charge < -0.3 is 14.2 Å². The number of amides is 1. The molecule has 0 bridgehead atoms. The number of rotatable bonds is 6. The fourth-order valence-electron chi connectivity index (χ4n) is 3.16. The van der Waals surface area contributed by atoms with Gasteiger partial charge in [0.25, 0.3) is 5.91 Å². The van der Waals surface area contributed by atoms with E-state index in [1.165, 1.54) is 0 Å². The number of carbonyl (C=O) groups excluding carboxylic acids is 1. The first-order valence-corrected chi connectivity index (χ1v) is 9.56. The lowest BCUT2D eigenvalue weighted by molar-refractivity contribution is 0.0783. The highest BCUT2D eigenvalue weighted by molar-refractivity contribution is 5.94. The Morgan fingerprint density at radius 3 is 2.57 bits per heavy atom. The maximum atomic E-state index is 12.8. The lowest BCUT2D eigenvalue weighted by Crippen LogP contribution is -2.27. The molecule has 1 aromatic carbocycles. The summed E-state index contributed by atoms with van der Waals surface area (Å²) in [4.78, 5) is 25.4. The fraction of sp³-hybridized carbons (Fsp3) is 0.227. The Labute approximate surface area is 174 Å². The number of hydrogen-bond acceptors (Lipinski definition) is 7. The predicted molar refractivity (Wildman–Crippen MR) is 113 cm³/mol. The molecule has 8 heteroatoms. The van der Waals surface area contributed by atoms with E-state index in [-0.39, 0.29) is 5.91 Å². The van der Waals surface area contributed by atoms with Gasteiger partial charge >= 0.3 is 0 Å². The van der Waals surface area contributed by atoms with E-state index in [0.29, 0.717) is 36.3 Å². The van der Waals surface area contributed by atoms with E-state index < -0.39 is 0 Å². The quantitative estimate of drug-likeness (QED) is 0.489. The van der Waals surface area contributed by atoms with Gasteiger partial charge in [-0.25, -0.2) is 4.98 Å². The second-order valence-corrected chi connectivity index (χ2v) is 7.13. The molecule has 0 aliphatic carbocycles. The second-order valence-electron chi connectivity index (χ2n) is 7.13. The van der Waals surface area contributed by atoms with Crippen molar-refractivity contribution in [1.82, 2.24) is 25.1 Å². The summed E-state index contributed by atoms with van der Waals surface area (Å²) in [5.41, 5.74) is 2.27. The van der Waals surface area contributed by atoms with Crippen LogP contribution in [0.4, 0.5) is 5.82 Å². The van der Waals surface area contributed by atoms with Crippen LogP contribution in [0.1, 0.15) is 27.8 Å². The predicted octanol–water partition coefficient (Wildman–Crippen LogP) is 3.23. The van der Waals surface area contributed by atoms with Gasteiger partial charge in [0.2, 0.25) is 11.8 Å². The zero-order valence-corrected chi connectivity index (χ0v) is 17.1. The van der Waals surface area contributed by atoms with Crippen LogP contribution in [0.15, 0.2) is 59.1 Å². The van der Waals surface area contributed by atoms with Gasteiger partial charge in [0, 0.05) is 32.6 Å². The summed E-state index contributed by atoms with van der Waals surface area (Å²) >= 11 is 0. The number of para-hydroxylation sites is 1. The van der Waals surface area contributed by atoms with E-state index in [2.05, 4.69) is 20.2 Å². The molecular weight excluding hydrogens is 380 g/mol. The minimum atomic E-state index is -0.112. The van der Waals surface area contributed by atoms with Gasteiger partial charge in [-0.05, 0) is 24.3 Å². The van der Waals surface area contributed by atoms with E-state index in [0.717, 1.165) is 16.6 Å². The van der Waals surface area contributed by atoms with Crippen molar-refractivity contribution in [2.45, 2.75) is 20.0 Å². The van der Waals surface area contributed by atoms with Crippen molar-refractivity contribution in [3.05, 3.63) is 77.8 Å². The van der Waals surface area contributed by atoms with Crippen LogP contribution in [0.3, 0.4) is 0 Å². The van der Waals surface area contributed by atoms with Crippen molar-refractivity contribution >= 4 is 22.6 Å². The highest BCUT2D eigenvalue weighted by atomic mass is 16.4. The van der Waals surface area contributed by atoms with Gasteiger partial charge in [-0.15, -0.1) is 10.2 Å². The molecule has 0 radical (unpaired) electrons. The summed E-state index contributed by atoms with van der Waals surface area (Å²) in [6, 6.07) is 15.5. The number of hydrogen-bond donors (Lipinski definition) is 0. The fourth-order valence-corrected chi connectivity index (χ4v) is 3.16. The minimum absolute atomic E-state index is 0.112. The standard InChI is InChI=1S/C22H22N6O2/c1-15-25-26-21(30-15)14-27(2)20-11-9-17(12-23-20)22(29)28(3)13-18-10-8-16-6-4-5-7-19(16)24-18/h4-12H,13-14H2,1-3H3. The molecule has 0 atom stereocenters. The number of fused-ring (bicyclic) bond motifs is 1. The van der Waals surface area contributed by atoms with Crippen molar-refractivity contribution in [2.75, 3.05) is 19.0 Å². The Morgan fingerprint density at radius 2 is 1.83 bits per heavy atom. The zero-order valence-electron chi connectivity index (χ0n) is 17.1. The molecule has 1 amide bonds. The third kappa shape index (κ3) is 4.27. The highest BCUT2D eigenvalue weighted by Gasteiger charge is 2.15. The van der Waals surface area contributed by atoms with Gasteiger partial charge in [-0.2, -0.15) is 0 Å². The molecule has 152 valence electrons. The maximum absolute atomic E-state index is 12.8. The van der Waals surface area contributed by atoms with Crippen LogP contribution in [0.5, 0.6) is 0 Å². The highest BCUT2D eigenvalue weighted by Crippen LogP contribution is 2.16. The molecule has 0 N–H and O–H groups in total. The first kappa shape index (κ1) is 19.5. The van der Waals surface area contributed by atoms with E-state index >= 15 is 0 Å². The van der Waals surface area contributed by atoms with Gasteiger partial charge in [0.1, 0.15) is 5.82 Å². The van der Waals surface area contributed by atoms with Gasteiger partial charge in [0.15, 0.2) is 0 Å². The molecule has 0 spiro atoms. The smallest absolute Gasteiger partial charge is 0.255 e. The summed E-state index contributed by atoms with van der Waals surface area (Å²) in [5.74, 6) is 1.64. The Kier molecular flexibility index (Phi) is 5.38. The van der Waals surface area contributed by atoms with Crippen molar-refractivity contribution in [1.29, 1.82) is 0 Å². The van der Waals surface area contributed by atoms with Gasteiger partial charge in [0.05, 0.1) is 29.9 Å². The van der Waals surface area contributed by atoms with Gasteiger partial charge in [-0.1, -0.05) is 24.3 Å². The topological polar surface area (TPSA) is 88.3 Å². The van der Waals surface area contributed by atoms with E-state index in [1.54, 1.807) is 37.2 Å². The Morgan fingerprint density at radius 1 is 1.00 bits per heavy atom. The average Bonchev–Trinajstić information content (AvgIpc) is 3.17. The number of aryl methyl sites for hydroxylation is 1. The molecule has 4 aromatic rings. The second kappa shape index (κ2) is 8.28. The summed E-state index contributed by atoms with van der Waals surface area (Å²) < 4.78 is 5.39. The lowest BCUT2D eigenvalue weighted by Gasteiger charge is -2.19. The summed E-state index contributed by atoms with van der Waals surface area (Å²) in [6.07, 6.45) is 1.58. The summed E-state index contributed by atoms with van der Waals surface area (Å²) in [7, 11) is 3.64. The number of benzene rings is 1. The van der Waals surface area contributed by atoms with Crippen LogP contribution in [0.2, 0.25) is 0 Å². The molecule has 0 aliphatic rings. The first-order valence-electron chi connectivity index (χ1n) is 9.56. The van der Waals surface area contributed by atoms with Crippen LogP contribution in [0.25, 0.3) is 10.9 Å². The van der Waals surface area contributed by atoms with E-state index in [1.807, 2.05) is 48.3 Å². The summed E-state index contributed by atoms with van der Waals surface area (Å²) in [5, 5.41) is 8.89. The normalized spacial score (nSPS) is 10.9. The molecular formula is C22H22N6O2. The van der Waals surface area contributed by atoms with E-state index in [4.69, 9.17) is 4.42 Å². The van der Waals surface area contributed by atoms with Crippen LogP contribution in [-0.4, -0.2) is 45.1 Å². The Balaban J connectivity index is 1.41. The molecule has 3 heterocycles.